The summed E-state index contributed by atoms with van der Waals surface area (Å²) in [6, 6.07) is 5.60. The Kier molecular flexibility index (Phi) is 3.62. The average molecular weight is 244 g/mol. The van der Waals surface area contributed by atoms with Crippen LogP contribution in [0.5, 0.6) is 0 Å². The van der Waals surface area contributed by atoms with Crippen LogP contribution in [0.25, 0.3) is 0 Å². The monoisotopic (exact) mass is 244 g/mol. The van der Waals surface area contributed by atoms with Crippen LogP contribution in [0.1, 0.15) is 16.7 Å². The summed E-state index contributed by atoms with van der Waals surface area (Å²) >= 11 is 0. The van der Waals surface area contributed by atoms with Crippen molar-refractivity contribution in [3.05, 3.63) is 47.3 Å². The minimum atomic E-state index is -0.223. The van der Waals surface area contributed by atoms with Crippen LogP contribution in [-0.4, -0.2) is 16.2 Å². The van der Waals surface area contributed by atoms with Gasteiger partial charge in [-0.15, -0.1) is 0 Å². The van der Waals surface area contributed by atoms with Crippen LogP contribution in [0, 0.1) is 13.8 Å². The molecule has 0 saturated heterocycles. The van der Waals surface area contributed by atoms with Crippen LogP contribution in [0.15, 0.2) is 30.6 Å². The molecule has 2 amide bonds. The van der Waals surface area contributed by atoms with Crippen LogP contribution in [-0.2, 0) is 6.54 Å². The average Bonchev–Trinajstić information content (AvgIpc) is 2.84. The smallest absolute Gasteiger partial charge is 0.319 e. The lowest BCUT2D eigenvalue weighted by molar-refractivity contribution is 0.251. The number of nitrogens with one attached hydrogen (secondary N) is 3. The first-order valence-corrected chi connectivity index (χ1v) is 5.75. The first-order valence-electron chi connectivity index (χ1n) is 5.75. The number of H-pyrrole nitrogens is 1. The Labute approximate surface area is 106 Å². The fourth-order valence-corrected chi connectivity index (χ4v) is 1.55. The zero-order valence-electron chi connectivity index (χ0n) is 10.4. The number of hydrogen-bond acceptors (Lipinski definition) is 2. The molecule has 0 bridgehead atoms. The highest BCUT2D eigenvalue weighted by molar-refractivity contribution is 5.89. The van der Waals surface area contributed by atoms with Crippen molar-refractivity contribution in [1.82, 2.24) is 15.5 Å². The second-order valence-electron chi connectivity index (χ2n) is 4.21. The van der Waals surface area contributed by atoms with E-state index in [0.717, 1.165) is 16.8 Å². The van der Waals surface area contributed by atoms with Gasteiger partial charge in [0.1, 0.15) is 0 Å². The molecule has 1 aromatic carbocycles. The maximum atomic E-state index is 11.7. The molecule has 0 aliphatic heterocycles. The summed E-state index contributed by atoms with van der Waals surface area (Å²) in [4.78, 5) is 11.7. The van der Waals surface area contributed by atoms with E-state index in [1.807, 2.05) is 32.0 Å². The van der Waals surface area contributed by atoms with Crippen molar-refractivity contribution in [2.24, 2.45) is 0 Å². The molecule has 0 atom stereocenters. The quantitative estimate of drug-likeness (QED) is 0.775. The molecule has 0 spiro atoms. The van der Waals surface area contributed by atoms with Gasteiger partial charge in [-0.25, -0.2) is 4.79 Å². The van der Waals surface area contributed by atoms with Gasteiger partial charge in [0.2, 0.25) is 0 Å². The number of urea groups is 1. The van der Waals surface area contributed by atoms with Crippen molar-refractivity contribution >= 4 is 11.7 Å². The molecule has 5 heteroatoms. The lowest BCUT2D eigenvalue weighted by atomic mass is 10.1. The van der Waals surface area contributed by atoms with Crippen LogP contribution in [0.4, 0.5) is 10.5 Å². The van der Waals surface area contributed by atoms with E-state index in [4.69, 9.17) is 0 Å². The number of carbonyl (C=O) groups is 1. The molecule has 1 heterocycles. The lowest BCUT2D eigenvalue weighted by Gasteiger charge is -2.08. The molecule has 1 aromatic heterocycles. The maximum Gasteiger partial charge on any atom is 0.319 e. The number of hydrogen-bond donors (Lipinski definition) is 3. The van der Waals surface area contributed by atoms with Gasteiger partial charge >= 0.3 is 6.03 Å². The molecule has 5 nitrogen and oxygen atoms in total. The Balaban J connectivity index is 1.88. The second kappa shape index (κ2) is 5.35. The third-order valence-electron chi connectivity index (χ3n) is 2.77. The number of aromatic nitrogens is 2. The van der Waals surface area contributed by atoms with E-state index < -0.39 is 0 Å². The van der Waals surface area contributed by atoms with Gasteiger partial charge < -0.3 is 10.6 Å². The zero-order valence-corrected chi connectivity index (χ0v) is 10.4. The number of carbonyl (C=O) groups excluding carboxylic acids is 1. The summed E-state index contributed by atoms with van der Waals surface area (Å²) in [6.07, 6.45) is 3.42. The standard InChI is InChI=1S/C13H16N4O/c1-9-3-4-12(5-10(9)2)17-13(18)14-6-11-7-15-16-8-11/h3-5,7-8H,6H2,1-2H3,(H,15,16)(H2,14,17,18). The lowest BCUT2D eigenvalue weighted by Crippen LogP contribution is -2.28. The Hall–Kier alpha value is -2.30. The number of rotatable bonds is 3. The van der Waals surface area contributed by atoms with E-state index in [1.165, 1.54) is 5.56 Å². The molecule has 0 aliphatic carbocycles. The third kappa shape index (κ3) is 3.10. The maximum absolute atomic E-state index is 11.7. The third-order valence-corrected chi connectivity index (χ3v) is 2.77. The summed E-state index contributed by atoms with van der Waals surface area (Å²) in [5.41, 5.74) is 4.09. The predicted molar refractivity (Wildman–Crippen MR) is 70.4 cm³/mol. The predicted octanol–water partition coefficient (Wildman–Crippen LogP) is 2.35. The van der Waals surface area contributed by atoms with Crippen molar-refractivity contribution in [1.29, 1.82) is 0 Å². The fraction of sp³-hybridized carbons (Fsp3) is 0.231. The highest BCUT2D eigenvalue weighted by atomic mass is 16.2. The van der Waals surface area contributed by atoms with E-state index in [-0.39, 0.29) is 6.03 Å². The number of amides is 2. The molecule has 0 saturated carbocycles. The first kappa shape index (κ1) is 12.2. The van der Waals surface area contributed by atoms with Crippen LogP contribution in [0.2, 0.25) is 0 Å². The second-order valence-corrected chi connectivity index (χ2v) is 4.21. The number of aryl methyl sites for hydroxylation is 2. The minimum absolute atomic E-state index is 0.223. The van der Waals surface area contributed by atoms with E-state index in [1.54, 1.807) is 12.4 Å². The van der Waals surface area contributed by atoms with Gasteiger partial charge in [-0.3, -0.25) is 5.10 Å². The summed E-state index contributed by atoms with van der Waals surface area (Å²) in [6.45, 7) is 4.51. The van der Waals surface area contributed by atoms with Crippen molar-refractivity contribution in [2.45, 2.75) is 20.4 Å². The molecule has 0 fully saturated rings. The van der Waals surface area contributed by atoms with E-state index in [2.05, 4.69) is 20.8 Å². The highest BCUT2D eigenvalue weighted by Gasteiger charge is 2.03. The summed E-state index contributed by atoms with van der Waals surface area (Å²) in [7, 11) is 0. The summed E-state index contributed by atoms with van der Waals surface area (Å²) in [5.74, 6) is 0. The van der Waals surface area contributed by atoms with E-state index >= 15 is 0 Å². The number of benzene rings is 1. The number of nitrogens with zero attached hydrogens (tertiary/aromatic N) is 1. The van der Waals surface area contributed by atoms with Crippen LogP contribution in [0.3, 0.4) is 0 Å². The molecular formula is C13H16N4O. The summed E-state index contributed by atoms with van der Waals surface area (Å²) in [5, 5.41) is 12.1. The summed E-state index contributed by atoms with van der Waals surface area (Å²) < 4.78 is 0. The van der Waals surface area contributed by atoms with Gasteiger partial charge in [0, 0.05) is 24.0 Å². The number of aromatic amines is 1. The Morgan fingerprint density at radius 2 is 2.17 bits per heavy atom. The Morgan fingerprint density at radius 1 is 1.33 bits per heavy atom. The van der Waals surface area contributed by atoms with Gasteiger partial charge in [0.15, 0.2) is 0 Å². The van der Waals surface area contributed by atoms with Crippen molar-refractivity contribution < 1.29 is 4.79 Å². The van der Waals surface area contributed by atoms with Gasteiger partial charge in [-0.05, 0) is 37.1 Å². The normalized spacial score (nSPS) is 10.1. The molecule has 2 rings (SSSR count). The Morgan fingerprint density at radius 3 is 2.83 bits per heavy atom. The molecule has 2 aromatic rings. The molecule has 94 valence electrons. The molecule has 0 radical (unpaired) electrons. The molecule has 0 aliphatic rings. The van der Waals surface area contributed by atoms with Gasteiger partial charge in [-0.1, -0.05) is 6.07 Å². The Bertz CT molecular complexity index is 534. The zero-order chi connectivity index (χ0) is 13.0. The molecule has 3 N–H and O–H groups in total. The SMILES string of the molecule is Cc1ccc(NC(=O)NCc2cn[nH]c2)cc1C. The van der Waals surface area contributed by atoms with Crippen molar-refractivity contribution in [2.75, 3.05) is 5.32 Å². The molecule has 0 unspecified atom stereocenters. The minimum Gasteiger partial charge on any atom is -0.334 e. The van der Waals surface area contributed by atoms with Gasteiger partial charge in [0.25, 0.3) is 0 Å². The van der Waals surface area contributed by atoms with Crippen molar-refractivity contribution in [3.8, 4) is 0 Å². The van der Waals surface area contributed by atoms with E-state index in [0.29, 0.717) is 6.54 Å². The first-order chi connectivity index (χ1) is 8.65. The van der Waals surface area contributed by atoms with Crippen LogP contribution < -0.4 is 10.6 Å². The topological polar surface area (TPSA) is 69.8 Å². The van der Waals surface area contributed by atoms with Gasteiger partial charge in [0.05, 0.1) is 6.20 Å². The van der Waals surface area contributed by atoms with Crippen molar-refractivity contribution in [3.63, 3.8) is 0 Å². The largest absolute Gasteiger partial charge is 0.334 e. The fourth-order valence-electron chi connectivity index (χ4n) is 1.55. The van der Waals surface area contributed by atoms with Gasteiger partial charge in [-0.2, -0.15) is 5.10 Å². The molecule has 18 heavy (non-hydrogen) atoms. The van der Waals surface area contributed by atoms with E-state index in [9.17, 15) is 4.79 Å². The number of anilines is 1. The molecular weight excluding hydrogens is 228 g/mol. The van der Waals surface area contributed by atoms with Crippen LogP contribution >= 0.6 is 0 Å². The highest BCUT2D eigenvalue weighted by Crippen LogP contribution is 2.13.